The van der Waals surface area contributed by atoms with Crippen molar-refractivity contribution in [2.75, 3.05) is 20.2 Å². The quantitative estimate of drug-likeness (QED) is 0.847. The lowest BCUT2D eigenvalue weighted by Crippen LogP contribution is -2.26. The lowest BCUT2D eigenvalue weighted by molar-refractivity contribution is 0.391. The Balaban J connectivity index is 0.000000686. The highest BCUT2D eigenvalue weighted by atomic mass is 16.5. The van der Waals surface area contributed by atoms with Crippen LogP contribution < -0.4 is 10.1 Å². The van der Waals surface area contributed by atoms with Gasteiger partial charge >= 0.3 is 0 Å². The first-order chi connectivity index (χ1) is 8.31. The van der Waals surface area contributed by atoms with Crippen LogP contribution in [-0.4, -0.2) is 20.2 Å². The SMILES string of the molecule is CC.COc1cc(C)ccc1C1CCNCC1. The second kappa shape index (κ2) is 7.33. The summed E-state index contributed by atoms with van der Waals surface area (Å²) < 4.78 is 5.46. The standard InChI is InChI=1S/C13H19NO.C2H6/c1-10-3-4-12(13(9-10)15-2)11-5-7-14-8-6-11;1-2/h3-4,9,11,14H,5-8H2,1-2H3;1-2H3. The van der Waals surface area contributed by atoms with Crippen LogP contribution in [0.3, 0.4) is 0 Å². The third kappa shape index (κ3) is 3.74. The molecule has 1 saturated heterocycles. The van der Waals surface area contributed by atoms with E-state index in [1.54, 1.807) is 7.11 Å². The molecule has 0 bridgehead atoms. The molecule has 2 heteroatoms. The lowest BCUT2D eigenvalue weighted by Gasteiger charge is -2.24. The first kappa shape index (κ1) is 14.0. The number of aryl methyl sites for hydroxylation is 1. The fourth-order valence-electron chi connectivity index (χ4n) is 2.29. The van der Waals surface area contributed by atoms with Crippen LogP contribution >= 0.6 is 0 Å². The summed E-state index contributed by atoms with van der Waals surface area (Å²) in [5.41, 5.74) is 2.65. The Bertz CT molecular complexity index is 330. The molecule has 1 heterocycles. The van der Waals surface area contributed by atoms with Gasteiger partial charge in [0.15, 0.2) is 0 Å². The molecule has 0 aromatic heterocycles. The normalized spacial score (nSPS) is 16.0. The van der Waals surface area contributed by atoms with E-state index in [-0.39, 0.29) is 0 Å². The van der Waals surface area contributed by atoms with E-state index in [1.165, 1.54) is 24.0 Å². The summed E-state index contributed by atoms with van der Waals surface area (Å²) in [6.45, 7) is 8.36. The zero-order chi connectivity index (χ0) is 12.7. The molecule has 1 aromatic carbocycles. The fourth-order valence-corrected chi connectivity index (χ4v) is 2.29. The summed E-state index contributed by atoms with van der Waals surface area (Å²) in [5, 5.41) is 3.39. The zero-order valence-corrected chi connectivity index (χ0v) is 11.5. The van der Waals surface area contributed by atoms with Crippen LogP contribution in [0.25, 0.3) is 0 Å². The van der Waals surface area contributed by atoms with Crippen molar-refractivity contribution in [1.82, 2.24) is 5.32 Å². The second-order valence-corrected chi connectivity index (χ2v) is 4.27. The average molecular weight is 235 g/mol. The molecule has 0 aliphatic carbocycles. The van der Waals surface area contributed by atoms with Crippen molar-refractivity contribution in [2.45, 2.75) is 39.5 Å². The van der Waals surface area contributed by atoms with Gasteiger partial charge in [0.05, 0.1) is 7.11 Å². The van der Waals surface area contributed by atoms with E-state index in [2.05, 4.69) is 30.4 Å². The highest BCUT2D eigenvalue weighted by molar-refractivity contribution is 5.39. The molecule has 17 heavy (non-hydrogen) atoms. The number of benzene rings is 1. The van der Waals surface area contributed by atoms with Gasteiger partial charge in [0.1, 0.15) is 5.75 Å². The van der Waals surface area contributed by atoms with Gasteiger partial charge in [-0.25, -0.2) is 0 Å². The molecule has 2 nitrogen and oxygen atoms in total. The van der Waals surface area contributed by atoms with Crippen molar-refractivity contribution < 1.29 is 4.74 Å². The summed E-state index contributed by atoms with van der Waals surface area (Å²) >= 11 is 0. The lowest BCUT2D eigenvalue weighted by atomic mass is 9.89. The van der Waals surface area contributed by atoms with E-state index in [0.29, 0.717) is 5.92 Å². The number of rotatable bonds is 2. The molecule has 1 N–H and O–H groups in total. The minimum atomic E-state index is 0.668. The van der Waals surface area contributed by atoms with Gasteiger partial charge in [0.2, 0.25) is 0 Å². The molecular formula is C15H25NO. The minimum Gasteiger partial charge on any atom is -0.496 e. The Morgan fingerprint density at radius 1 is 1.18 bits per heavy atom. The third-order valence-electron chi connectivity index (χ3n) is 3.17. The fraction of sp³-hybridized carbons (Fsp3) is 0.600. The molecule has 1 aliphatic heterocycles. The Hall–Kier alpha value is -1.02. The molecule has 2 rings (SSSR count). The number of nitrogens with one attached hydrogen (secondary N) is 1. The second-order valence-electron chi connectivity index (χ2n) is 4.27. The van der Waals surface area contributed by atoms with Crippen LogP contribution in [0.4, 0.5) is 0 Å². The number of hydrogen-bond acceptors (Lipinski definition) is 2. The van der Waals surface area contributed by atoms with E-state index < -0.39 is 0 Å². The molecule has 0 radical (unpaired) electrons. The predicted octanol–water partition coefficient (Wildman–Crippen LogP) is 3.50. The summed E-state index contributed by atoms with van der Waals surface area (Å²) in [7, 11) is 1.76. The van der Waals surface area contributed by atoms with Crippen molar-refractivity contribution in [3.63, 3.8) is 0 Å². The molecule has 1 fully saturated rings. The van der Waals surface area contributed by atoms with Crippen LogP contribution in [-0.2, 0) is 0 Å². The van der Waals surface area contributed by atoms with Crippen molar-refractivity contribution in [2.24, 2.45) is 0 Å². The van der Waals surface area contributed by atoms with Crippen LogP contribution in [0.2, 0.25) is 0 Å². The molecule has 96 valence electrons. The van der Waals surface area contributed by atoms with Crippen LogP contribution in [0.5, 0.6) is 5.75 Å². The Kier molecular flexibility index (Phi) is 6.06. The number of piperidine rings is 1. The Morgan fingerprint density at radius 3 is 2.41 bits per heavy atom. The van der Waals surface area contributed by atoms with E-state index in [9.17, 15) is 0 Å². The topological polar surface area (TPSA) is 21.3 Å². The molecule has 0 unspecified atom stereocenters. The van der Waals surface area contributed by atoms with Gasteiger partial charge in [-0.15, -0.1) is 0 Å². The van der Waals surface area contributed by atoms with E-state index >= 15 is 0 Å². The highest BCUT2D eigenvalue weighted by Crippen LogP contribution is 2.32. The molecular weight excluding hydrogens is 210 g/mol. The average Bonchev–Trinajstić information content (AvgIpc) is 2.42. The number of hydrogen-bond donors (Lipinski definition) is 1. The molecule has 0 atom stereocenters. The maximum Gasteiger partial charge on any atom is 0.122 e. The molecule has 1 aromatic rings. The van der Waals surface area contributed by atoms with E-state index in [1.807, 2.05) is 13.8 Å². The smallest absolute Gasteiger partial charge is 0.122 e. The van der Waals surface area contributed by atoms with Crippen molar-refractivity contribution in [1.29, 1.82) is 0 Å². The van der Waals surface area contributed by atoms with Gasteiger partial charge in [-0.05, 0) is 56.0 Å². The summed E-state index contributed by atoms with van der Waals surface area (Å²) in [4.78, 5) is 0. The van der Waals surface area contributed by atoms with Crippen LogP contribution in [0.15, 0.2) is 18.2 Å². The number of ether oxygens (including phenoxy) is 1. The molecule has 0 amide bonds. The molecule has 0 spiro atoms. The molecule has 0 saturated carbocycles. The predicted molar refractivity (Wildman–Crippen MR) is 73.9 cm³/mol. The van der Waals surface area contributed by atoms with Gasteiger partial charge in [0.25, 0.3) is 0 Å². The summed E-state index contributed by atoms with van der Waals surface area (Å²) in [5.74, 6) is 1.73. The van der Waals surface area contributed by atoms with E-state index in [4.69, 9.17) is 4.74 Å². The van der Waals surface area contributed by atoms with Crippen molar-refractivity contribution in [3.05, 3.63) is 29.3 Å². The first-order valence-corrected chi connectivity index (χ1v) is 6.66. The monoisotopic (exact) mass is 235 g/mol. The summed E-state index contributed by atoms with van der Waals surface area (Å²) in [6, 6.07) is 6.54. The maximum absolute atomic E-state index is 5.46. The number of methoxy groups -OCH3 is 1. The maximum atomic E-state index is 5.46. The van der Waals surface area contributed by atoms with Crippen LogP contribution in [0.1, 0.15) is 43.7 Å². The Morgan fingerprint density at radius 2 is 1.82 bits per heavy atom. The van der Waals surface area contributed by atoms with Gasteiger partial charge in [-0.2, -0.15) is 0 Å². The highest BCUT2D eigenvalue weighted by Gasteiger charge is 2.18. The zero-order valence-electron chi connectivity index (χ0n) is 11.5. The van der Waals surface area contributed by atoms with Gasteiger partial charge in [-0.3, -0.25) is 0 Å². The largest absolute Gasteiger partial charge is 0.496 e. The molecule has 1 aliphatic rings. The van der Waals surface area contributed by atoms with Gasteiger partial charge in [-0.1, -0.05) is 26.0 Å². The van der Waals surface area contributed by atoms with Gasteiger partial charge in [0, 0.05) is 0 Å². The minimum absolute atomic E-state index is 0.668. The van der Waals surface area contributed by atoms with Gasteiger partial charge < -0.3 is 10.1 Å². The van der Waals surface area contributed by atoms with Crippen LogP contribution in [0, 0.1) is 6.92 Å². The van der Waals surface area contributed by atoms with E-state index in [0.717, 1.165) is 18.8 Å². The summed E-state index contributed by atoms with van der Waals surface area (Å²) in [6.07, 6.45) is 2.44. The Labute approximate surface area is 105 Å². The first-order valence-electron chi connectivity index (χ1n) is 6.66. The van der Waals surface area contributed by atoms with Crippen molar-refractivity contribution in [3.8, 4) is 5.75 Å². The third-order valence-corrected chi connectivity index (χ3v) is 3.17. The van der Waals surface area contributed by atoms with Crippen molar-refractivity contribution >= 4 is 0 Å².